The quantitative estimate of drug-likeness (QED) is 0.310. The number of amides is 1. The molecule has 162 valence electrons. The van der Waals surface area contributed by atoms with Crippen molar-refractivity contribution in [3.63, 3.8) is 0 Å². The molecule has 1 amide bonds. The molecule has 1 N–H and O–H groups in total. The molecule has 0 fully saturated rings. The number of nitrogens with one attached hydrogen (secondary N) is 1. The molecule has 5 nitrogen and oxygen atoms in total. The van der Waals surface area contributed by atoms with Crippen LogP contribution in [0.4, 0.5) is 5.13 Å². The van der Waals surface area contributed by atoms with Crippen LogP contribution in [0, 0.1) is 0 Å². The van der Waals surface area contributed by atoms with E-state index in [1.54, 1.807) is 18.5 Å². The van der Waals surface area contributed by atoms with Crippen LogP contribution in [0.2, 0.25) is 5.02 Å². The predicted molar refractivity (Wildman–Crippen MR) is 134 cm³/mol. The van der Waals surface area contributed by atoms with E-state index < -0.39 is 0 Å². The van der Waals surface area contributed by atoms with Gasteiger partial charge in [0.1, 0.15) is 5.01 Å². The van der Waals surface area contributed by atoms with Gasteiger partial charge in [0.2, 0.25) is 5.13 Å². The van der Waals surface area contributed by atoms with E-state index in [4.69, 9.17) is 11.6 Å². The Morgan fingerprint density at radius 3 is 2.58 bits per heavy atom. The van der Waals surface area contributed by atoms with Gasteiger partial charge < -0.3 is 0 Å². The molecule has 0 aliphatic rings. The highest BCUT2D eigenvalue weighted by molar-refractivity contribution is 7.15. The van der Waals surface area contributed by atoms with Gasteiger partial charge in [-0.25, -0.2) is 0 Å². The number of fused-ring (bicyclic) bond motifs is 1. The minimum Gasteiger partial charge on any atom is -0.296 e. The fraction of sp³-hybridized carbons (Fsp3) is 0.0769. The molecule has 7 heteroatoms. The molecule has 3 aromatic carbocycles. The lowest BCUT2D eigenvalue weighted by Crippen LogP contribution is -2.13. The summed E-state index contributed by atoms with van der Waals surface area (Å²) >= 11 is 7.33. The SMILES string of the molecule is O=C(Nc1nnc(CCc2ccc(Cl)cc2)s1)c1ccncc1-c1cccc2ccccc12. The molecule has 2 aromatic heterocycles. The first kappa shape index (κ1) is 21.2. The summed E-state index contributed by atoms with van der Waals surface area (Å²) in [5.41, 5.74) is 3.46. The van der Waals surface area contributed by atoms with Crippen LogP contribution >= 0.6 is 22.9 Å². The summed E-state index contributed by atoms with van der Waals surface area (Å²) < 4.78 is 0. The molecule has 0 bridgehead atoms. The van der Waals surface area contributed by atoms with E-state index in [2.05, 4.69) is 38.7 Å². The van der Waals surface area contributed by atoms with Crippen LogP contribution in [0.3, 0.4) is 0 Å². The number of aromatic nitrogens is 3. The van der Waals surface area contributed by atoms with E-state index in [0.29, 0.717) is 10.7 Å². The third kappa shape index (κ3) is 4.77. The number of carbonyl (C=O) groups is 1. The monoisotopic (exact) mass is 470 g/mol. The van der Waals surface area contributed by atoms with Crippen molar-refractivity contribution in [1.29, 1.82) is 0 Å². The third-order valence-corrected chi connectivity index (χ3v) is 6.52. The van der Waals surface area contributed by atoms with Crippen molar-refractivity contribution in [3.05, 3.63) is 106 Å². The second-order valence-corrected chi connectivity index (χ2v) is 9.03. The zero-order chi connectivity index (χ0) is 22.6. The maximum atomic E-state index is 13.2. The molecule has 5 aromatic rings. The maximum Gasteiger partial charge on any atom is 0.258 e. The van der Waals surface area contributed by atoms with Gasteiger partial charge in [0.25, 0.3) is 5.91 Å². The number of benzene rings is 3. The molecule has 33 heavy (non-hydrogen) atoms. The Morgan fingerprint density at radius 1 is 0.879 bits per heavy atom. The van der Waals surface area contributed by atoms with Gasteiger partial charge in [0.05, 0.1) is 5.56 Å². The number of hydrogen-bond donors (Lipinski definition) is 1. The van der Waals surface area contributed by atoms with Crippen molar-refractivity contribution in [2.45, 2.75) is 12.8 Å². The van der Waals surface area contributed by atoms with Crippen LogP contribution in [0.15, 0.2) is 85.2 Å². The van der Waals surface area contributed by atoms with Crippen molar-refractivity contribution >= 4 is 44.7 Å². The Hall–Kier alpha value is -3.61. The summed E-state index contributed by atoms with van der Waals surface area (Å²) in [6.45, 7) is 0. The molecule has 2 heterocycles. The third-order valence-electron chi connectivity index (χ3n) is 5.37. The number of rotatable bonds is 6. The van der Waals surface area contributed by atoms with Crippen LogP contribution in [0.1, 0.15) is 20.9 Å². The Morgan fingerprint density at radius 2 is 1.70 bits per heavy atom. The van der Waals surface area contributed by atoms with Crippen LogP contribution in [-0.4, -0.2) is 21.1 Å². The molecule has 0 aliphatic carbocycles. The van der Waals surface area contributed by atoms with Gasteiger partial charge >= 0.3 is 0 Å². The number of halogens is 1. The fourth-order valence-corrected chi connectivity index (χ4v) is 4.60. The van der Waals surface area contributed by atoms with Crippen LogP contribution in [0.25, 0.3) is 21.9 Å². The molecule has 5 rings (SSSR count). The number of nitrogens with zero attached hydrogens (tertiary/aromatic N) is 3. The number of carbonyl (C=O) groups excluding carboxylic acids is 1. The first-order valence-corrected chi connectivity index (χ1v) is 11.7. The molecule has 0 atom stereocenters. The molecule has 0 aliphatic heterocycles. The first-order valence-electron chi connectivity index (χ1n) is 10.5. The van der Waals surface area contributed by atoms with Crippen LogP contribution < -0.4 is 5.32 Å². The standard InChI is InChI=1S/C26H19ClN4OS/c27-19-11-8-17(9-12-19)10-13-24-30-31-26(33-24)29-25(32)22-14-15-28-16-23(22)21-7-3-5-18-4-1-2-6-20(18)21/h1-9,11-12,14-16H,10,13H2,(H,29,31,32). The summed E-state index contributed by atoms with van der Waals surface area (Å²) in [4.78, 5) is 17.4. The molecule has 0 saturated heterocycles. The van der Waals surface area contributed by atoms with Crippen molar-refractivity contribution in [1.82, 2.24) is 15.2 Å². The highest BCUT2D eigenvalue weighted by atomic mass is 35.5. The maximum absolute atomic E-state index is 13.2. The van der Waals surface area contributed by atoms with Gasteiger partial charge in [0.15, 0.2) is 0 Å². The number of pyridine rings is 1. The number of aryl methyl sites for hydroxylation is 2. The van der Waals surface area contributed by atoms with E-state index in [0.717, 1.165) is 44.8 Å². The van der Waals surface area contributed by atoms with Crippen LogP contribution in [-0.2, 0) is 12.8 Å². The van der Waals surface area contributed by atoms with Crippen molar-refractivity contribution in [3.8, 4) is 11.1 Å². The number of anilines is 1. The molecule has 0 spiro atoms. The highest BCUT2D eigenvalue weighted by Gasteiger charge is 2.16. The second-order valence-electron chi connectivity index (χ2n) is 7.53. The van der Waals surface area contributed by atoms with Gasteiger partial charge in [-0.1, -0.05) is 77.5 Å². The highest BCUT2D eigenvalue weighted by Crippen LogP contribution is 2.31. The van der Waals surface area contributed by atoms with E-state index >= 15 is 0 Å². The van der Waals surface area contributed by atoms with Gasteiger partial charge in [-0.3, -0.25) is 15.1 Å². The first-order chi connectivity index (χ1) is 16.2. The summed E-state index contributed by atoms with van der Waals surface area (Å²) in [5, 5.41) is 15.5. The Bertz CT molecular complexity index is 1430. The molecule has 0 unspecified atom stereocenters. The normalized spacial score (nSPS) is 10.9. The topological polar surface area (TPSA) is 67.8 Å². The smallest absolute Gasteiger partial charge is 0.258 e. The van der Waals surface area contributed by atoms with Crippen molar-refractivity contribution in [2.24, 2.45) is 0 Å². The summed E-state index contributed by atoms with van der Waals surface area (Å²) in [6, 6.07) is 23.7. The van der Waals surface area contributed by atoms with Crippen molar-refractivity contribution < 1.29 is 4.79 Å². The zero-order valence-electron chi connectivity index (χ0n) is 17.5. The Labute approximate surface area is 200 Å². The molecule has 0 radical (unpaired) electrons. The lowest BCUT2D eigenvalue weighted by Gasteiger charge is -2.11. The molecular weight excluding hydrogens is 452 g/mol. The number of hydrogen-bond acceptors (Lipinski definition) is 5. The lowest BCUT2D eigenvalue weighted by molar-refractivity contribution is 0.102. The summed E-state index contributed by atoms with van der Waals surface area (Å²) in [5.74, 6) is -0.235. The molecule has 0 saturated carbocycles. The van der Waals surface area contributed by atoms with Gasteiger partial charge in [-0.15, -0.1) is 10.2 Å². The fourth-order valence-electron chi connectivity index (χ4n) is 3.74. The van der Waals surface area contributed by atoms with Gasteiger partial charge in [-0.2, -0.15) is 0 Å². The van der Waals surface area contributed by atoms with Crippen LogP contribution in [0.5, 0.6) is 0 Å². The van der Waals surface area contributed by atoms with E-state index in [-0.39, 0.29) is 5.91 Å². The van der Waals surface area contributed by atoms with Crippen molar-refractivity contribution in [2.75, 3.05) is 5.32 Å². The van der Waals surface area contributed by atoms with Gasteiger partial charge in [-0.05, 0) is 46.5 Å². The second kappa shape index (κ2) is 9.48. The van der Waals surface area contributed by atoms with E-state index in [9.17, 15) is 4.79 Å². The lowest BCUT2D eigenvalue weighted by atomic mass is 9.96. The largest absolute Gasteiger partial charge is 0.296 e. The minimum atomic E-state index is -0.235. The average molecular weight is 471 g/mol. The van der Waals surface area contributed by atoms with E-state index in [1.807, 2.05) is 48.5 Å². The average Bonchev–Trinajstić information content (AvgIpc) is 3.30. The minimum absolute atomic E-state index is 0.235. The zero-order valence-corrected chi connectivity index (χ0v) is 19.1. The van der Waals surface area contributed by atoms with E-state index in [1.165, 1.54) is 16.9 Å². The summed E-state index contributed by atoms with van der Waals surface area (Å²) in [6.07, 6.45) is 4.93. The predicted octanol–water partition coefficient (Wildman–Crippen LogP) is 6.44. The molecular formula is C26H19ClN4OS. The Balaban J connectivity index is 1.35. The summed E-state index contributed by atoms with van der Waals surface area (Å²) in [7, 11) is 0. The Kier molecular flexibility index (Phi) is 6.11. The van der Waals surface area contributed by atoms with Gasteiger partial charge in [0, 0.05) is 29.4 Å².